The van der Waals surface area contributed by atoms with E-state index in [0.29, 0.717) is 78.8 Å². The number of alkyl halides is 12. The fourth-order valence-corrected chi connectivity index (χ4v) is 11.6. The van der Waals surface area contributed by atoms with Gasteiger partial charge in [0.1, 0.15) is 0 Å². The fourth-order valence-electron chi connectivity index (χ4n) is 10.8. The van der Waals surface area contributed by atoms with E-state index in [0.717, 1.165) is 40.2 Å². The molecule has 0 aliphatic heterocycles. The lowest BCUT2D eigenvalue weighted by molar-refractivity contribution is -0.138. The molecule has 5 heterocycles. The van der Waals surface area contributed by atoms with E-state index in [1.54, 1.807) is 56.3 Å². The molecule has 0 fully saturated rings. The molecule has 0 unspecified atom stereocenters. The highest BCUT2D eigenvalue weighted by atomic mass is 127. The van der Waals surface area contributed by atoms with E-state index in [9.17, 15) is 52.7 Å². The molecule has 0 aliphatic carbocycles. The number of hydrogen-bond acceptors (Lipinski definition) is 0. The molecule has 0 radical (unpaired) electrons. The average molecular weight is 1500 g/mol. The largest absolute Gasteiger partial charge is 0.416 e. The van der Waals surface area contributed by atoms with Crippen LogP contribution in [-0.4, -0.2) is 22.8 Å². The second-order valence-electron chi connectivity index (χ2n) is 21.5. The van der Waals surface area contributed by atoms with Crippen LogP contribution in [0.5, 0.6) is 0 Å². The first-order valence-electron chi connectivity index (χ1n) is 36.3. The molecular formula is C73H57F12I2N5. The Morgan fingerprint density at radius 3 is 1.05 bits per heavy atom. The highest BCUT2D eigenvalue weighted by Gasteiger charge is 2.34. The molecule has 0 bridgehead atoms. The minimum absolute atomic E-state index is 0.000995. The van der Waals surface area contributed by atoms with Crippen LogP contribution in [0.4, 0.5) is 52.7 Å². The molecule has 92 heavy (non-hydrogen) atoms. The lowest BCUT2D eigenvalue weighted by atomic mass is 10.1. The summed E-state index contributed by atoms with van der Waals surface area (Å²) in [7, 11) is 8.23. The molecule has 0 aliphatic rings. The summed E-state index contributed by atoms with van der Waals surface area (Å²) >= 11 is 3.74. The lowest BCUT2D eigenvalue weighted by Gasteiger charge is -2.06. The molecule has 0 spiro atoms. The zero-order valence-electron chi connectivity index (χ0n) is 67.5. The predicted octanol–water partition coefficient (Wildman–Crippen LogP) is 23.2. The molecule has 0 saturated heterocycles. The average Bonchev–Trinajstić information content (AvgIpc) is 1.56. The summed E-state index contributed by atoms with van der Waals surface area (Å²) in [5.41, 5.74) is 2.16. The highest BCUT2D eigenvalue weighted by molar-refractivity contribution is 14.1. The number of nitrogens with zero attached hydrogens (tertiary/aromatic N) is 5. The molecule has 10 aromatic carbocycles. The molecule has 5 aromatic heterocycles. The Morgan fingerprint density at radius 1 is 0.261 bits per heavy atom. The van der Waals surface area contributed by atoms with Gasteiger partial charge in [0.15, 0.2) is 0 Å². The van der Waals surface area contributed by atoms with Crippen molar-refractivity contribution in [2.24, 2.45) is 35.2 Å². The predicted molar refractivity (Wildman–Crippen MR) is 367 cm³/mol. The van der Waals surface area contributed by atoms with Crippen molar-refractivity contribution in [3.8, 4) is 0 Å². The Bertz CT molecular complexity index is 6410. The zero-order chi connectivity index (χ0) is 82.1. The topological polar surface area (TPSA) is 24.6 Å². The van der Waals surface area contributed by atoms with Crippen molar-refractivity contribution in [3.05, 3.63) is 233 Å². The van der Waals surface area contributed by atoms with Gasteiger partial charge in [0.25, 0.3) is 0 Å². The van der Waals surface area contributed by atoms with Gasteiger partial charge in [-0.2, -0.15) is 52.7 Å². The van der Waals surface area contributed by atoms with Crippen molar-refractivity contribution in [1.29, 1.82) is 0 Å². The molecule has 0 N–H and O–H groups in total. The maximum atomic E-state index is 13.3. The van der Waals surface area contributed by atoms with Crippen molar-refractivity contribution in [3.63, 3.8) is 0 Å². The SMILES string of the molecule is Cc1ccc2c(c1)c1cc(C(F)(F)F)ccc1n2C.[2H]c1c(C)c([2H])c2c3c([2H])c(C(F)(F)F)c([2H])c([2H])c3n(C)c2c1[2H].[2H]c1c(I)c([2H])c2c3c([2H])c(I)c([2H])c([2H])c3n(C)c2c1[2H].[2H]c1cc2c(c([2H])c1C)c1c([2H])c(C(F)(F)F)c([2H])cc1n2C.[2H]c1cc2c(cc1C)c1cc(C(F)(F)F)c([2H])cc1n2C. The van der Waals surface area contributed by atoms with E-state index in [4.69, 9.17) is 24.7 Å². The molecule has 15 aromatic rings. The number of rotatable bonds is 0. The summed E-state index contributed by atoms with van der Waals surface area (Å²) in [6.07, 6.45) is -18.6. The first-order valence-corrected chi connectivity index (χ1v) is 29.5. The van der Waals surface area contributed by atoms with E-state index in [1.807, 2.05) is 81.9 Å². The third kappa shape index (κ3) is 12.6. The van der Waals surface area contributed by atoms with E-state index < -0.39 is 83.2 Å². The van der Waals surface area contributed by atoms with Crippen molar-refractivity contribution in [2.45, 2.75) is 52.4 Å². The number of fused-ring (bicyclic) bond motifs is 15. The van der Waals surface area contributed by atoms with Gasteiger partial charge in [0.2, 0.25) is 0 Å². The van der Waals surface area contributed by atoms with Crippen molar-refractivity contribution in [1.82, 2.24) is 22.8 Å². The van der Waals surface area contributed by atoms with Crippen LogP contribution in [0.25, 0.3) is 109 Å². The highest BCUT2D eigenvalue weighted by Crippen LogP contribution is 2.41. The summed E-state index contributed by atoms with van der Waals surface area (Å²) < 4.78 is 309. The first kappa shape index (κ1) is 46.0. The normalized spacial score (nSPS) is 15.0. The van der Waals surface area contributed by atoms with Gasteiger partial charge >= 0.3 is 24.7 Å². The molecule has 15 rings (SSSR count). The molecule has 0 saturated carbocycles. The van der Waals surface area contributed by atoms with Gasteiger partial charge in [-0.1, -0.05) is 46.4 Å². The van der Waals surface area contributed by atoms with Gasteiger partial charge in [-0.15, -0.1) is 0 Å². The number of aryl methyl sites for hydroxylation is 7. The van der Waals surface area contributed by atoms with Gasteiger partial charge in [-0.3, -0.25) is 0 Å². The van der Waals surface area contributed by atoms with Crippen molar-refractivity contribution < 1.29 is 77.4 Å². The first-order chi connectivity index (χ1) is 50.7. The monoisotopic (exact) mass is 1500 g/mol. The molecular weight excluding hydrogens is 1430 g/mol. The molecule has 0 atom stereocenters. The van der Waals surface area contributed by atoms with Gasteiger partial charge in [0.05, 0.1) is 46.9 Å². The minimum Gasteiger partial charge on any atom is -0.344 e. The second-order valence-corrected chi connectivity index (χ2v) is 23.6. The maximum Gasteiger partial charge on any atom is 0.416 e. The van der Waals surface area contributed by atoms with Crippen LogP contribution < -0.4 is 0 Å². The standard InChI is InChI=1S/4C15H12F3N.C13H9I2N/c4*1-9-3-5-13-11(7-9)12-8-10(15(16,17)18)4-6-14(12)19(13)2;1-16-12-4-2-8(14)6-10(12)11-7-9(15)3-5-13(11)16/h4*3-8H,1-2H3;2-7H,1H3/i3D,4D,5D,6D,7D,8D;3D,4D,7D,8D;3D,4D;;2D,3D,4D,5D,6D,7D. The van der Waals surface area contributed by atoms with Crippen LogP contribution >= 0.6 is 45.2 Å². The van der Waals surface area contributed by atoms with Crippen LogP contribution in [0.3, 0.4) is 0 Å². The van der Waals surface area contributed by atoms with Crippen molar-refractivity contribution in [2.75, 3.05) is 0 Å². The Morgan fingerprint density at radius 2 is 0.565 bits per heavy atom. The summed E-state index contributed by atoms with van der Waals surface area (Å²) in [6.45, 7) is 6.65. The van der Waals surface area contributed by atoms with Crippen LogP contribution in [0.1, 0.15) is 69.2 Å². The molecule has 5 nitrogen and oxygen atoms in total. The Labute approximate surface area is 572 Å². The van der Waals surface area contributed by atoms with E-state index in [-0.39, 0.29) is 110 Å². The van der Waals surface area contributed by atoms with E-state index in [2.05, 4.69) is 0 Å². The summed E-state index contributed by atoms with van der Waals surface area (Å²) in [5.74, 6) is 0. The number of halogens is 14. The summed E-state index contributed by atoms with van der Waals surface area (Å²) in [5, 5.41) is 3.33. The second kappa shape index (κ2) is 24.4. The van der Waals surface area contributed by atoms with Crippen LogP contribution in [0.15, 0.2) is 182 Å². The van der Waals surface area contributed by atoms with Gasteiger partial charge in [-0.05, 0) is 230 Å². The Balaban J connectivity index is 0.000000137. The Hall–Kier alpha value is -8.18. The molecule has 0 amide bonds. The zero-order valence-corrected chi connectivity index (χ0v) is 53.8. The smallest absolute Gasteiger partial charge is 0.344 e. The summed E-state index contributed by atoms with van der Waals surface area (Å²) in [4.78, 5) is 0. The van der Waals surface area contributed by atoms with Crippen LogP contribution in [0.2, 0.25) is 0 Å². The minimum atomic E-state index is -4.99. The Kier molecular flexibility index (Phi) is 12.2. The number of benzene rings is 10. The van der Waals surface area contributed by atoms with E-state index in [1.165, 1.54) is 47.4 Å². The van der Waals surface area contributed by atoms with Crippen LogP contribution in [-0.2, 0) is 59.9 Å². The lowest BCUT2D eigenvalue weighted by Crippen LogP contribution is -2.04. The third-order valence-electron chi connectivity index (χ3n) is 15.3. The van der Waals surface area contributed by atoms with Crippen molar-refractivity contribution >= 4 is 154 Å². The van der Waals surface area contributed by atoms with Crippen LogP contribution in [0, 0.1) is 34.8 Å². The van der Waals surface area contributed by atoms with Gasteiger partial charge in [-0.25, -0.2) is 0 Å². The summed E-state index contributed by atoms with van der Waals surface area (Å²) in [6, 6.07) is 12.7. The quantitative estimate of drug-likeness (QED) is 0.107. The molecule has 472 valence electrons. The third-order valence-corrected chi connectivity index (χ3v) is 16.4. The van der Waals surface area contributed by atoms with Gasteiger partial charge in [0, 0.05) is 151 Å². The van der Waals surface area contributed by atoms with Gasteiger partial charge < -0.3 is 22.8 Å². The maximum absolute atomic E-state index is 13.3. The molecule has 19 heteroatoms. The number of hydrogen-bond donors (Lipinski definition) is 0. The number of aromatic nitrogens is 5. The fraction of sp³-hybridized carbons (Fsp3) is 0.178. The van der Waals surface area contributed by atoms with E-state index >= 15 is 0 Å².